The fourth-order valence-electron chi connectivity index (χ4n) is 1.06. The molecule has 0 fully saturated rings. The summed E-state index contributed by atoms with van der Waals surface area (Å²) < 4.78 is 0. The van der Waals surface area contributed by atoms with Gasteiger partial charge in [-0.1, -0.05) is 12.1 Å². The molecule has 1 aromatic carbocycles. The molecule has 0 bridgehead atoms. The SMILES string of the molecule is Cc1cccc(N(C)C(C)O)c1. The first kappa shape index (κ1) is 9.07. The minimum atomic E-state index is -0.438. The largest absolute Gasteiger partial charge is 0.374 e. The van der Waals surface area contributed by atoms with Gasteiger partial charge in [0, 0.05) is 12.7 Å². The van der Waals surface area contributed by atoms with E-state index in [0.29, 0.717) is 0 Å². The average molecular weight is 165 g/mol. The Bertz CT molecular complexity index is 258. The van der Waals surface area contributed by atoms with E-state index >= 15 is 0 Å². The summed E-state index contributed by atoms with van der Waals surface area (Å²) in [7, 11) is 1.87. The first-order valence-electron chi connectivity index (χ1n) is 4.09. The molecule has 1 N–H and O–H groups in total. The molecule has 1 unspecified atom stereocenters. The normalized spacial score (nSPS) is 12.7. The number of aliphatic hydroxyl groups is 1. The fraction of sp³-hybridized carbons (Fsp3) is 0.400. The monoisotopic (exact) mass is 165 g/mol. The molecule has 0 aliphatic carbocycles. The highest BCUT2D eigenvalue weighted by Gasteiger charge is 2.04. The zero-order chi connectivity index (χ0) is 9.14. The Morgan fingerprint density at radius 3 is 2.58 bits per heavy atom. The molecule has 1 aromatic rings. The van der Waals surface area contributed by atoms with E-state index in [1.54, 1.807) is 6.92 Å². The first-order chi connectivity index (χ1) is 5.61. The van der Waals surface area contributed by atoms with Gasteiger partial charge in [0.15, 0.2) is 0 Å². The van der Waals surface area contributed by atoms with Crippen molar-refractivity contribution in [3.63, 3.8) is 0 Å². The Balaban J connectivity index is 2.88. The number of anilines is 1. The van der Waals surface area contributed by atoms with Crippen molar-refractivity contribution in [1.82, 2.24) is 0 Å². The third kappa shape index (κ3) is 1.98. The maximum atomic E-state index is 9.29. The second-order valence-corrected chi connectivity index (χ2v) is 3.08. The smallest absolute Gasteiger partial charge is 0.123 e. The molecule has 0 saturated heterocycles. The number of hydrogen-bond acceptors (Lipinski definition) is 2. The standard InChI is InChI=1S/C10H15NO/c1-8-5-4-6-10(7-8)11(3)9(2)12/h4-7,9,12H,1-3H3. The maximum Gasteiger partial charge on any atom is 0.123 e. The van der Waals surface area contributed by atoms with Gasteiger partial charge in [-0.15, -0.1) is 0 Å². The van der Waals surface area contributed by atoms with Gasteiger partial charge in [0.05, 0.1) is 0 Å². The van der Waals surface area contributed by atoms with E-state index in [2.05, 4.69) is 0 Å². The summed E-state index contributed by atoms with van der Waals surface area (Å²) >= 11 is 0. The van der Waals surface area contributed by atoms with Crippen LogP contribution in [0.1, 0.15) is 12.5 Å². The van der Waals surface area contributed by atoms with Crippen LogP contribution >= 0.6 is 0 Å². The van der Waals surface area contributed by atoms with Crippen LogP contribution in [0.4, 0.5) is 5.69 Å². The van der Waals surface area contributed by atoms with Crippen molar-refractivity contribution in [3.05, 3.63) is 29.8 Å². The molecule has 0 aromatic heterocycles. The molecule has 0 aliphatic rings. The molecule has 1 atom stereocenters. The van der Waals surface area contributed by atoms with Crippen LogP contribution in [0.2, 0.25) is 0 Å². The molecule has 66 valence electrons. The summed E-state index contributed by atoms with van der Waals surface area (Å²) in [5, 5.41) is 9.29. The van der Waals surface area contributed by atoms with E-state index in [9.17, 15) is 5.11 Å². The highest BCUT2D eigenvalue weighted by Crippen LogP contribution is 2.15. The van der Waals surface area contributed by atoms with Crippen LogP contribution in [0.3, 0.4) is 0 Å². The average Bonchev–Trinajstić information content (AvgIpc) is 2.03. The second kappa shape index (κ2) is 3.59. The molecule has 1 rings (SSSR count). The quantitative estimate of drug-likeness (QED) is 0.675. The Kier molecular flexibility index (Phi) is 2.71. The van der Waals surface area contributed by atoms with E-state index in [-0.39, 0.29) is 0 Å². The summed E-state index contributed by atoms with van der Waals surface area (Å²) in [5.74, 6) is 0. The highest BCUT2D eigenvalue weighted by atomic mass is 16.3. The minimum absolute atomic E-state index is 0.438. The first-order valence-corrected chi connectivity index (χ1v) is 4.09. The van der Waals surface area contributed by atoms with Crippen LogP contribution in [-0.4, -0.2) is 18.4 Å². The molecule has 0 saturated carbocycles. The van der Waals surface area contributed by atoms with E-state index < -0.39 is 6.23 Å². The number of benzene rings is 1. The predicted molar refractivity (Wildman–Crippen MR) is 51.3 cm³/mol. The molecule has 2 heteroatoms. The third-order valence-electron chi connectivity index (χ3n) is 1.97. The predicted octanol–water partition coefficient (Wildman–Crippen LogP) is 1.77. The van der Waals surface area contributed by atoms with Crippen molar-refractivity contribution in [3.8, 4) is 0 Å². The van der Waals surface area contributed by atoms with Crippen LogP contribution in [0, 0.1) is 6.92 Å². The lowest BCUT2D eigenvalue weighted by Crippen LogP contribution is -2.27. The summed E-state index contributed by atoms with van der Waals surface area (Å²) in [6, 6.07) is 8.06. The number of rotatable bonds is 2. The van der Waals surface area contributed by atoms with Crippen molar-refractivity contribution in [2.45, 2.75) is 20.1 Å². The van der Waals surface area contributed by atoms with Gasteiger partial charge in [-0.25, -0.2) is 0 Å². The summed E-state index contributed by atoms with van der Waals surface area (Å²) in [6.45, 7) is 3.79. The zero-order valence-corrected chi connectivity index (χ0v) is 7.78. The Labute approximate surface area is 73.4 Å². The van der Waals surface area contributed by atoms with E-state index in [0.717, 1.165) is 5.69 Å². The molecule has 0 radical (unpaired) electrons. The maximum absolute atomic E-state index is 9.29. The van der Waals surface area contributed by atoms with Gasteiger partial charge in [0.2, 0.25) is 0 Å². The topological polar surface area (TPSA) is 23.5 Å². The van der Waals surface area contributed by atoms with Gasteiger partial charge in [0.25, 0.3) is 0 Å². The minimum Gasteiger partial charge on any atom is -0.374 e. The third-order valence-corrected chi connectivity index (χ3v) is 1.97. The van der Waals surface area contributed by atoms with Crippen LogP contribution in [0.25, 0.3) is 0 Å². The van der Waals surface area contributed by atoms with Crippen molar-refractivity contribution in [2.24, 2.45) is 0 Å². The zero-order valence-electron chi connectivity index (χ0n) is 7.78. The number of nitrogens with zero attached hydrogens (tertiary/aromatic N) is 1. The van der Waals surface area contributed by atoms with Crippen molar-refractivity contribution < 1.29 is 5.11 Å². The molecule has 12 heavy (non-hydrogen) atoms. The number of aliphatic hydroxyl groups excluding tert-OH is 1. The Hall–Kier alpha value is -1.02. The summed E-state index contributed by atoms with van der Waals surface area (Å²) in [4.78, 5) is 1.83. The van der Waals surface area contributed by atoms with Gasteiger partial charge in [-0.2, -0.15) is 0 Å². The van der Waals surface area contributed by atoms with Crippen molar-refractivity contribution >= 4 is 5.69 Å². The van der Waals surface area contributed by atoms with E-state index in [1.807, 2.05) is 43.1 Å². The fourth-order valence-corrected chi connectivity index (χ4v) is 1.06. The van der Waals surface area contributed by atoms with Gasteiger partial charge >= 0.3 is 0 Å². The summed E-state index contributed by atoms with van der Waals surface area (Å²) in [5.41, 5.74) is 2.25. The molecule has 2 nitrogen and oxygen atoms in total. The Morgan fingerprint density at radius 2 is 2.08 bits per heavy atom. The molecular formula is C10H15NO. The lowest BCUT2D eigenvalue weighted by atomic mass is 10.2. The highest BCUT2D eigenvalue weighted by molar-refractivity contribution is 5.47. The van der Waals surface area contributed by atoms with Gasteiger partial charge in [0.1, 0.15) is 6.23 Å². The van der Waals surface area contributed by atoms with Crippen LogP contribution in [0.15, 0.2) is 24.3 Å². The molecule has 0 aliphatic heterocycles. The van der Waals surface area contributed by atoms with Crippen molar-refractivity contribution in [2.75, 3.05) is 11.9 Å². The molecule has 0 heterocycles. The second-order valence-electron chi connectivity index (χ2n) is 3.08. The molecule has 0 amide bonds. The van der Waals surface area contributed by atoms with Crippen LogP contribution in [0.5, 0.6) is 0 Å². The number of hydrogen-bond donors (Lipinski definition) is 1. The lowest BCUT2D eigenvalue weighted by Gasteiger charge is -2.22. The Morgan fingerprint density at radius 1 is 1.42 bits per heavy atom. The van der Waals surface area contributed by atoms with E-state index in [4.69, 9.17) is 0 Å². The van der Waals surface area contributed by atoms with Crippen LogP contribution in [-0.2, 0) is 0 Å². The van der Waals surface area contributed by atoms with Crippen LogP contribution < -0.4 is 4.90 Å². The molecular weight excluding hydrogens is 150 g/mol. The summed E-state index contributed by atoms with van der Waals surface area (Å²) in [6.07, 6.45) is -0.438. The van der Waals surface area contributed by atoms with E-state index in [1.165, 1.54) is 5.56 Å². The van der Waals surface area contributed by atoms with Gasteiger partial charge in [-0.3, -0.25) is 0 Å². The lowest BCUT2D eigenvalue weighted by molar-refractivity contribution is 0.195. The number of aryl methyl sites for hydroxylation is 1. The van der Waals surface area contributed by atoms with Gasteiger partial charge < -0.3 is 10.0 Å². The van der Waals surface area contributed by atoms with Crippen molar-refractivity contribution in [1.29, 1.82) is 0 Å². The van der Waals surface area contributed by atoms with Gasteiger partial charge in [-0.05, 0) is 31.5 Å². The molecule has 0 spiro atoms.